The minimum Gasteiger partial charge on any atom is -0.508 e. The lowest BCUT2D eigenvalue weighted by atomic mass is 10.2. The van der Waals surface area contributed by atoms with Crippen LogP contribution in [0.4, 0.5) is 5.69 Å². The fraction of sp³-hybridized carbons (Fsp3) is 0.111. The van der Waals surface area contributed by atoms with Gasteiger partial charge in [0, 0.05) is 11.9 Å². The molecule has 0 unspecified atom stereocenters. The average molecular weight is 356 g/mol. The molecule has 1 fully saturated rings. The Hall–Kier alpha value is -2.18. The summed E-state index contributed by atoms with van der Waals surface area (Å²) in [4.78, 5) is 20.3. The van der Waals surface area contributed by atoms with Crippen molar-refractivity contribution in [1.82, 2.24) is 4.90 Å². The van der Waals surface area contributed by atoms with E-state index in [9.17, 15) is 9.90 Å². The van der Waals surface area contributed by atoms with Gasteiger partial charge in [-0.25, -0.2) is 4.99 Å². The smallest absolute Gasteiger partial charge is 0.266 e. The number of nitrogens with zero attached hydrogens (tertiary/aromatic N) is 2. The number of hydrogen-bond acceptors (Lipinski definition) is 5. The Morgan fingerprint density at radius 2 is 2.00 bits per heavy atom. The topological polar surface area (TPSA) is 52.9 Å². The van der Waals surface area contributed by atoms with E-state index in [2.05, 4.69) is 4.99 Å². The lowest BCUT2D eigenvalue weighted by molar-refractivity contribution is -0.121. The summed E-state index contributed by atoms with van der Waals surface area (Å²) in [6.45, 7) is 0. The highest BCUT2D eigenvalue weighted by molar-refractivity contribution is 8.18. The standard InChI is InChI=1S/C18H16N2O2S2/c1-20-17(22)16(10-12-5-3-7-14(21)9-12)24-18(20)19-13-6-4-8-15(11-13)23-2/h3-11,21H,1-2H3/b16-10+,19-18?. The lowest BCUT2D eigenvalue weighted by Gasteiger charge is -2.07. The van der Waals surface area contributed by atoms with Crippen LogP contribution in [0.3, 0.4) is 0 Å². The van der Waals surface area contributed by atoms with E-state index in [0.717, 1.165) is 16.1 Å². The maximum atomic E-state index is 12.4. The molecular weight excluding hydrogens is 340 g/mol. The first kappa shape index (κ1) is 16.7. The van der Waals surface area contributed by atoms with Crippen molar-refractivity contribution in [2.24, 2.45) is 4.99 Å². The predicted molar refractivity (Wildman–Crippen MR) is 102 cm³/mol. The monoisotopic (exact) mass is 356 g/mol. The van der Waals surface area contributed by atoms with E-state index in [0.29, 0.717) is 10.1 Å². The number of phenolic OH excluding ortho intramolecular Hbond substituents is 1. The zero-order valence-corrected chi connectivity index (χ0v) is 14.9. The van der Waals surface area contributed by atoms with Crippen LogP contribution >= 0.6 is 23.5 Å². The number of thioether (sulfide) groups is 2. The van der Waals surface area contributed by atoms with Crippen molar-refractivity contribution >= 4 is 46.4 Å². The van der Waals surface area contributed by atoms with E-state index in [1.165, 1.54) is 11.8 Å². The average Bonchev–Trinajstić information content (AvgIpc) is 2.83. The van der Waals surface area contributed by atoms with Gasteiger partial charge in [0.25, 0.3) is 5.91 Å². The van der Waals surface area contributed by atoms with Crippen LogP contribution in [-0.2, 0) is 4.79 Å². The van der Waals surface area contributed by atoms with Gasteiger partial charge in [-0.2, -0.15) is 0 Å². The molecule has 0 aromatic heterocycles. The van der Waals surface area contributed by atoms with Crippen LogP contribution in [0.2, 0.25) is 0 Å². The van der Waals surface area contributed by atoms with Crippen molar-refractivity contribution in [2.45, 2.75) is 4.90 Å². The summed E-state index contributed by atoms with van der Waals surface area (Å²) >= 11 is 2.99. The van der Waals surface area contributed by atoms with E-state index < -0.39 is 0 Å². The number of amidine groups is 1. The highest BCUT2D eigenvalue weighted by atomic mass is 32.2. The number of benzene rings is 2. The Bertz CT molecular complexity index is 846. The molecule has 1 saturated heterocycles. The first-order chi connectivity index (χ1) is 11.6. The fourth-order valence-electron chi connectivity index (χ4n) is 2.21. The van der Waals surface area contributed by atoms with Gasteiger partial charge >= 0.3 is 0 Å². The number of phenols is 1. The third-order valence-corrected chi connectivity index (χ3v) is 5.24. The second-order valence-electron chi connectivity index (χ2n) is 5.17. The number of hydrogen-bond donors (Lipinski definition) is 1. The van der Waals surface area contributed by atoms with E-state index in [4.69, 9.17) is 0 Å². The summed E-state index contributed by atoms with van der Waals surface area (Å²) in [5.41, 5.74) is 1.60. The first-order valence-electron chi connectivity index (χ1n) is 7.26. The van der Waals surface area contributed by atoms with Gasteiger partial charge in [-0.3, -0.25) is 9.69 Å². The molecule has 0 radical (unpaired) electrons. The third-order valence-electron chi connectivity index (χ3n) is 3.45. The van der Waals surface area contributed by atoms with Crippen molar-refractivity contribution in [2.75, 3.05) is 13.3 Å². The highest BCUT2D eigenvalue weighted by Crippen LogP contribution is 2.34. The molecule has 0 saturated carbocycles. The van der Waals surface area contributed by atoms with E-state index in [1.807, 2.05) is 36.6 Å². The SMILES string of the molecule is CSc1cccc(N=C2S/C(=C/c3cccc(O)c3)C(=O)N2C)c1. The number of carbonyl (C=O) groups is 1. The van der Waals surface area contributed by atoms with E-state index >= 15 is 0 Å². The molecule has 6 heteroatoms. The molecule has 0 spiro atoms. The molecule has 1 heterocycles. The number of rotatable bonds is 3. The lowest BCUT2D eigenvalue weighted by Crippen LogP contribution is -2.23. The number of aliphatic imine (C=N–C) groups is 1. The molecule has 1 aliphatic rings. The molecule has 1 N–H and O–H groups in total. The molecule has 0 bridgehead atoms. The quantitative estimate of drug-likeness (QED) is 0.656. The van der Waals surface area contributed by atoms with E-state index in [1.54, 1.807) is 48.0 Å². The predicted octanol–water partition coefficient (Wildman–Crippen LogP) is 4.35. The first-order valence-corrected chi connectivity index (χ1v) is 9.30. The van der Waals surface area contributed by atoms with Crippen LogP contribution in [0.5, 0.6) is 5.75 Å². The maximum absolute atomic E-state index is 12.4. The van der Waals surface area contributed by atoms with Gasteiger partial charge in [-0.15, -0.1) is 11.8 Å². The van der Waals surface area contributed by atoms with Gasteiger partial charge in [0.05, 0.1) is 10.6 Å². The Morgan fingerprint density at radius 3 is 2.75 bits per heavy atom. The third kappa shape index (κ3) is 3.66. The normalized spacial score (nSPS) is 17.9. The van der Waals surface area contributed by atoms with Crippen molar-refractivity contribution in [3.05, 3.63) is 59.0 Å². The molecule has 2 aromatic carbocycles. The molecule has 4 nitrogen and oxygen atoms in total. The zero-order chi connectivity index (χ0) is 17.1. The molecule has 3 rings (SSSR count). The van der Waals surface area contributed by atoms with Gasteiger partial charge < -0.3 is 5.11 Å². The van der Waals surface area contributed by atoms with Crippen molar-refractivity contribution in [3.8, 4) is 5.75 Å². The minimum atomic E-state index is -0.0943. The van der Waals surface area contributed by atoms with Gasteiger partial charge in [0.2, 0.25) is 0 Å². The second kappa shape index (κ2) is 7.15. The highest BCUT2D eigenvalue weighted by Gasteiger charge is 2.30. The van der Waals surface area contributed by atoms with Crippen LogP contribution < -0.4 is 0 Å². The van der Waals surface area contributed by atoms with Crippen molar-refractivity contribution in [3.63, 3.8) is 0 Å². The maximum Gasteiger partial charge on any atom is 0.266 e. The molecule has 0 atom stereocenters. The van der Waals surface area contributed by atoms with E-state index in [-0.39, 0.29) is 11.7 Å². The Kier molecular flexibility index (Phi) is 4.97. The van der Waals surface area contributed by atoms with Gasteiger partial charge in [-0.1, -0.05) is 18.2 Å². The number of likely N-dealkylation sites (N-methyl/N-ethyl adjacent to an activating group) is 1. The van der Waals surface area contributed by atoms with Crippen LogP contribution in [0.25, 0.3) is 6.08 Å². The van der Waals surface area contributed by atoms with Crippen molar-refractivity contribution < 1.29 is 9.90 Å². The van der Waals surface area contributed by atoms with Crippen molar-refractivity contribution in [1.29, 1.82) is 0 Å². The fourth-order valence-corrected chi connectivity index (χ4v) is 3.65. The molecular formula is C18H16N2O2S2. The number of amides is 1. The van der Waals surface area contributed by atoms with Crippen LogP contribution in [0.15, 0.2) is 63.3 Å². The summed E-state index contributed by atoms with van der Waals surface area (Å²) in [7, 11) is 1.72. The molecule has 1 amide bonds. The summed E-state index contributed by atoms with van der Waals surface area (Å²) in [6, 6.07) is 14.7. The molecule has 1 aliphatic heterocycles. The van der Waals surface area contributed by atoms with Gasteiger partial charge in [-0.05, 0) is 60.0 Å². The number of aromatic hydroxyl groups is 1. The minimum absolute atomic E-state index is 0.0943. The summed E-state index contributed by atoms with van der Waals surface area (Å²) < 4.78 is 0. The Morgan fingerprint density at radius 1 is 1.21 bits per heavy atom. The van der Waals surface area contributed by atoms with Crippen LogP contribution in [0, 0.1) is 0 Å². The van der Waals surface area contributed by atoms with Gasteiger partial charge in [0.15, 0.2) is 5.17 Å². The Balaban J connectivity index is 1.89. The Labute approximate surface area is 149 Å². The van der Waals surface area contributed by atoms with Gasteiger partial charge in [0.1, 0.15) is 5.75 Å². The summed E-state index contributed by atoms with van der Waals surface area (Å²) in [6.07, 6.45) is 3.78. The molecule has 24 heavy (non-hydrogen) atoms. The summed E-state index contributed by atoms with van der Waals surface area (Å²) in [5.74, 6) is 0.0824. The van der Waals surface area contributed by atoms with Crippen LogP contribution in [-0.4, -0.2) is 34.4 Å². The molecule has 2 aromatic rings. The number of carbonyl (C=O) groups excluding carboxylic acids is 1. The molecule has 122 valence electrons. The van der Waals surface area contributed by atoms with Crippen LogP contribution in [0.1, 0.15) is 5.56 Å². The largest absolute Gasteiger partial charge is 0.508 e. The molecule has 0 aliphatic carbocycles. The second-order valence-corrected chi connectivity index (χ2v) is 7.05. The summed E-state index contributed by atoms with van der Waals surface area (Å²) in [5, 5.41) is 10.2. The zero-order valence-electron chi connectivity index (χ0n) is 13.3.